The van der Waals surface area contributed by atoms with Gasteiger partial charge < -0.3 is 10.4 Å². The lowest BCUT2D eigenvalue weighted by molar-refractivity contribution is -0.123. The molecule has 2 aromatic carbocycles. The number of aliphatic hydroxyl groups is 1. The van der Waals surface area contributed by atoms with Crippen molar-refractivity contribution in [2.24, 2.45) is 13.0 Å². The number of anilines is 1. The Kier molecular flexibility index (Phi) is 11.0. The number of alkyl halides is 4. The fourth-order valence-corrected chi connectivity index (χ4v) is 7.53. The van der Waals surface area contributed by atoms with Crippen LogP contribution in [0.15, 0.2) is 55.1 Å². The Morgan fingerprint density at radius 3 is 2.40 bits per heavy atom. The normalized spacial score (nSPS) is 15.6. The molecule has 0 saturated carbocycles. The van der Waals surface area contributed by atoms with Crippen LogP contribution in [0.5, 0.6) is 0 Å². The van der Waals surface area contributed by atoms with E-state index in [9.17, 15) is 35.9 Å². The van der Waals surface area contributed by atoms with Crippen molar-refractivity contribution in [2.75, 3.05) is 11.0 Å². The van der Waals surface area contributed by atoms with E-state index in [1.165, 1.54) is 37.7 Å². The molecule has 0 radical (unpaired) electrons. The lowest BCUT2D eigenvalue weighted by atomic mass is 9.93. The topological polar surface area (TPSA) is 144 Å². The molecule has 1 aliphatic rings. The lowest BCUT2D eigenvalue weighted by Gasteiger charge is -2.23. The van der Waals surface area contributed by atoms with Crippen LogP contribution in [-0.2, 0) is 47.2 Å². The molecule has 57 heavy (non-hydrogen) atoms. The Labute approximate surface area is 327 Å². The minimum Gasteiger partial charge on any atom is -0.378 e. The van der Waals surface area contributed by atoms with Crippen molar-refractivity contribution in [2.45, 2.75) is 57.2 Å². The number of aryl methyl sites for hydroxylation is 1. The van der Waals surface area contributed by atoms with Crippen LogP contribution in [0.2, 0.25) is 5.02 Å². The van der Waals surface area contributed by atoms with E-state index in [1.54, 1.807) is 12.1 Å². The van der Waals surface area contributed by atoms with Crippen LogP contribution in [0, 0.1) is 29.4 Å². The van der Waals surface area contributed by atoms with Crippen LogP contribution in [0.4, 0.5) is 32.2 Å². The van der Waals surface area contributed by atoms with Gasteiger partial charge in [-0.25, -0.2) is 31.0 Å². The molecule has 3 heterocycles. The van der Waals surface area contributed by atoms with Crippen molar-refractivity contribution < 1.29 is 44.7 Å². The maximum Gasteiger partial charge on any atom is 0.296 e. The lowest BCUT2D eigenvalue weighted by Crippen LogP contribution is -2.35. The van der Waals surface area contributed by atoms with Crippen molar-refractivity contribution in [1.29, 1.82) is 0 Å². The van der Waals surface area contributed by atoms with Crippen LogP contribution in [-0.4, -0.2) is 55.8 Å². The predicted octanol–water partition coefficient (Wildman–Crippen LogP) is 6.75. The first kappa shape index (κ1) is 41.3. The first-order valence-corrected chi connectivity index (χ1v) is 19.4. The van der Waals surface area contributed by atoms with Crippen molar-refractivity contribution >= 4 is 44.3 Å². The standard InChI is InChI=1S/C38H34ClF6N7O4S/c1-6-20-16-26-32(35(42)43)48-52(34(26)38(20,44)45)18-29(53)47-28(15-19-13-21(40)17-22(41)14-19)31-24(8-7-23(46-31)11-12-37(2,3)54)25-9-10-27(39)30-33(25)51(4)49-36(30)50-57(5,55)56/h6-10,13-14,17,20,28,35,54H,1,15-16,18H2,2-5H3,(H,47,53)(H,49,50). The number of carbonyl (C=O) groups is 1. The molecular formula is C38H34ClF6N7O4S. The second-order valence-corrected chi connectivity index (χ2v) is 16.2. The average molecular weight is 834 g/mol. The Morgan fingerprint density at radius 1 is 1.12 bits per heavy atom. The summed E-state index contributed by atoms with van der Waals surface area (Å²) in [6.45, 7) is 5.29. The number of nitrogens with one attached hydrogen (secondary N) is 2. The Bertz CT molecular complexity index is 2590. The number of rotatable bonds is 11. The van der Waals surface area contributed by atoms with Gasteiger partial charge in [0.2, 0.25) is 15.9 Å². The summed E-state index contributed by atoms with van der Waals surface area (Å²) >= 11 is 6.57. The van der Waals surface area contributed by atoms with Crippen LogP contribution >= 0.6 is 11.6 Å². The number of hydrogen-bond acceptors (Lipinski definition) is 7. The van der Waals surface area contributed by atoms with Crippen molar-refractivity contribution in [3.63, 3.8) is 0 Å². The van der Waals surface area contributed by atoms with E-state index in [2.05, 4.69) is 38.7 Å². The van der Waals surface area contributed by atoms with Crippen LogP contribution in [0.1, 0.15) is 60.2 Å². The third kappa shape index (κ3) is 8.65. The van der Waals surface area contributed by atoms with Crippen LogP contribution < -0.4 is 10.0 Å². The molecule has 19 heteroatoms. The van der Waals surface area contributed by atoms with E-state index >= 15 is 8.78 Å². The van der Waals surface area contributed by atoms with Gasteiger partial charge in [0.05, 0.1) is 39.8 Å². The monoisotopic (exact) mass is 833 g/mol. The number of aromatic nitrogens is 5. The average Bonchev–Trinajstić information content (AvgIpc) is 3.70. The number of benzene rings is 2. The zero-order valence-electron chi connectivity index (χ0n) is 30.6. The second-order valence-electron chi connectivity index (χ2n) is 14.0. The second kappa shape index (κ2) is 15.2. The molecule has 0 spiro atoms. The van der Waals surface area contributed by atoms with E-state index in [4.69, 9.17) is 16.6 Å². The Balaban J connectivity index is 1.54. The van der Waals surface area contributed by atoms with E-state index in [1.807, 2.05) is 0 Å². The maximum atomic E-state index is 15.5. The number of nitrogens with zero attached hydrogens (tertiary/aromatic N) is 5. The minimum atomic E-state index is -3.84. The quantitative estimate of drug-likeness (QED) is 0.0760. The molecule has 1 amide bonds. The van der Waals surface area contributed by atoms with Crippen LogP contribution in [0.3, 0.4) is 0 Å². The zero-order valence-corrected chi connectivity index (χ0v) is 32.2. The molecule has 300 valence electrons. The number of carbonyl (C=O) groups excluding carboxylic acids is 1. The summed E-state index contributed by atoms with van der Waals surface area (Å²) in [6.07, 6.45) is -2.19. The highest BCUT2D eigenvalue weighted by atomic mass is 35.5. The summed E-state index contributed by atoms with van der Waals surface area (Å²) in [7, 11) is -2.32. The van der Waals surface area contributed by atoms with Gasteiger partial charge in [-0.2, -0.15) is 19.0 Å². The Hall–Kier alpha value is -5.38. The molecular weight excluding hydrogens is 800 g/mol. The van der Waals surface area contributed by atoms with E-state index in [0.717, 1.165) is 24.5 Å². The number of hydrogen-bond donors (Lipinski definition) is 3. The minimum absolute atomic E-state index is 0.00836. The largest absolute Gasteiger partial charge is 0.378 e. The Morgan fingerprint density at radius 2 is 1.79 bits per heavy atom. The number of amides is 1. The van der Waals surface area contributed by atoms with Gasteiger partial charge in [0.1, 0.15) is 40.9 Å². The molecule has 11 nitrogen and oxygen atoms in total. The molecule has 2 atom stereocenters. The molecule has 0 saturated heterocycles. The molecule has 0 aliphatic heterocycles. The van der Waals surface area contributed by atoms with Gasteiger partial charge in [-0.05, 0) is 68.5 Å². The summed E-state index contributed by atoms with van der Waals surface area (Å²) in [5.41, 5.74) is -2.64. The molecule has 3 N–H and O–H groups in total. The van der Waals surface area contributed by atoms with Gasteiger partial charge in [-0.3, -0.25) is 18.9 Å². The fraction of sp³-hybridized carbons (Fsp3) is 0.316. The maximum absolute atomic E-state index is 15.5. The van der Waals surface area contributed by atoms with Crippen molar-refractivity contribution in [3.8, 4) is 23.0 Å². The van der Waals surface area contributed by atoms with Gasteiger partial charge in [0, 0.05) is 29.8 Å². The molecule has 3 aromatic heterocycles. The van der Waals surface area contributed by atoms with Gasteiger partial charge in [-0.15, -0.1) is 6.58 Å². The number of allylic oxidation sites excluding steroid dienone is 1. The van der Waals surface area contributed by atoms with Crippen LogP contribution in [0.25, 0.3) is 22.0 Å². The summed E-state index contributed by atoms with van der Waals surface area (Å²) in [5, 5.41) is 21.3. The smallest absolute Gasteiger partial charge is 0.296 e. The summed E-state index contributed by atoms with van der Waals surface area (Å²) in [4.78, 5) is 18.6. The molecule has 0 fully saturated rings. The highest BCUT2D eigenvalue weighted by Crippen LogP contribution is 2.49. The number of halogens is 7. The van der Waals surface area contributed by atoms with Gasteiger partial charge in [-0.1, -0.05) is 29.7 Å². The summed E-state index contributed by atoms with van der Waals surface area (Å²) < 4.78 is 117. The van der Waals surface area contributed by atoms with Crippen molar-refractivity contribution in [1.82, 2.24) is 29.9 Å². The first-order valence-electron chi connectivity index (χ1n) is 17.1. The number of fused-ring (bicyclic) bond motifs is 2. The number of sulfonamides is 1. The molecule has 1 aliphatic carbocycles. The molecule has 2 unspecified atom stereocenters. The highest BCUT2D eigenvalue weighted by molar-refractivity contribution is 7.92. The van der Waals surface area contributed by atoms with E-state index in [-0.39, 0.29) is 45.2 Å². The SMILES string of the molecule is C=CC1Cc2c(C(F)F)nn(CC(=O)NC(Cc3cc(F)cc(F)c3)c3nc(C#CC(C)(C)O)ccc3-c3ccc(Cl)c4c(NS(C)(=O)=O)nn(C)c34)c2C1(F)F. The van der Waals surface area contributed by atoms with Crippen molar-refractivity contribution in [3.05, 3.63) is 106 Å². The third-order valence-electron chi connectivity index (χ3n) is 9.03. The van der Waals surface area contributed by atoms with Gasteiger partial charge >= 0.3 is 0 Å². The third-order valence-corrected chi connectivity index (χ3v) is 9.91. The van der Waals surface area contributed by atoms with Gasteiger partial charge in [0.25, 0.3) is 12.3 Å². The first-order chi connectivity index (χ1) is 26.6. The summed E-state index contributed by atoms with van der Waals surface area (Å²) in [5.74, 6) is -2.84. The van der Waals surface area contributed by atoms with E-state index < -0.39 is 87.4 Å². The molecule has 5 aromatic rings. The van der Waals surface area contributed by atoms with Gasteiger partial charge in [0.15, 0.2) is 5.82 Å². The molecule has 0 bridgehead atoms. The zero-order chi connectivity index (χ0) is 41.8. The highest BCUT2D eigenvalue weighted by Gasteiger charge is 2.52. The summed E-state index contributed by atoms with van der Waals surface area (Å²) in [6, 6.07) is 7.38. The van der Waals surface area contributed by atoms with E-state index in [0.29, 0.717) is 21.8 Å². The number of pyridine rings is 1. The molecule has 6 rings (SSSR count). The predicted molar refractivity (Wildman–Crippen MR) is 200 cm³/mol. The fourth-order valence-electron chi connectivity index (χ4n) is 6.79.